The van der Waals surface area contributed by atoms with Crippen molar-refractivity contribution >= 4 is 11.8 Å². The monoisotopic (exact) mass is 214 g/mol. The molecule has 0 spiro atoms. The number of rotatable bonds is 6. The van der Waals surface area contributed by atoms with E-state index in [1.807, 2.05) is 0 Å². The summed E-state index contributed by atoms with van der Waals surface area (Å²) in [6, 6.07) is 0. The van der Waals surface area contributed by atoms with Crippen LogP contribution in [0.5, 0.6) is 0 Å². The second-order valence-electron chi connectivity index (χ2n) is 2.75. The number of carbonyl (C=O) groups is 2. The van der Waals surface area contributed by atoms with Gasteiger partial charge in [-0.25, -0.2) is 0 Å². The molecule has 3 heteroatoms. The van der Waals surface area contributed by atoms with Crippen molar-refractivity contribution < 1.29 is 14.7 Å². The SMILES string of the molecule is C.C=CCCC(=O)O.C=CCCC(C)=O. The van der Waals surface area contributed by atoms with Gasteiger partial charge in [0.15, 0.2) is 0 Å². The Morgan fingerprint density at radius 2 is 1.53 bits per heavy atom. The van der Waals surface area contributed by atoms with Crippen LogP contribution in [0.2, 0.25) is 0 Å². The van der Waals surface area contributed by atoms with Crippen LogP contribution in [0.3, 0.4) is 0 Å². The fraction of sp³-hybridized carbons (Fsp3) is 0.500. The lowest BCUT2D eigenvalue weighted by molar-refractivity contribution is -0.136. The van der Waals surface area contributed by atoms with Gasteiger partial charge in [-0.05, 0) is 19.8 Å². The van der Waals surface area contributed by atoms with Crippen molar-refractivity contribution in [2.24, 2.45) is 0 Å². The number of hydrogen-bond donors (Lipinski definition) is 1. The summed E-state index contributed by atoms with van der Waals surface area (Å²) in [5, 5.41) is 8.00. The van der Waals surface area contributed by atoms with Gasteiger partial charge in [0.05, 0.1) is 0 Å². The molecule has 0 aliphatic rings. The molecular formula is C12H22O3. The van der Waals surface area contributed by atoms with Gasteiger partial charge in [0.1, 0.15) is 5.78 Å². The summed E-state index contributed by atoms with van der Waals surface area (Å²) in [6.45, 7) is 8.44. The maximum atomic E-state index is 10.2. The zero-order chi connectivity index (χ0) is 11.4. The van der Waals surface area contributed by atoms with Crippen molar-refractivity contribution in [3.05, 3.63) is 25.3 Å². The van der Waals surface area contributed by atoms with E-state index < -0.39 is 5.97 Å². The molecule has 0 aliphatic carbocycles. The van der Waals surface area contributed by atoms with Gasteiger partial charge in [-0.1, -0.05) is 19.6 Å². The van der Waals surface area contributed by atoms with Gasteiger partial charge in [0.25, 0.3) is 0 Å². The first-order valence-corrected chi connectivity index (χ1v) is 4.47. The molecule has 0 fully saturated rings. The van der Waals surface area contributed by atoms with Crippen LogP contribution in [0.4, 0.5) is 0 Å². The number of carboxylic acid groups (broad SMARTS) is 1. The van der Waals surface area contributed by atoms with Gasteiger partial charge in [0, 0.05) is 12.8 Å². The summed E-state index contributed by atoms with van der Waals surface area (Å²) in [6.07, 6.45) is 5.56. The third-order valence-corrected chi connectivity index (χ3v) is 1.26. The number of aliphatic carboxylic acids is 1. The molecule has 0 unspecified atom stereocenters. The van der Waals surface area contributed by atoms with Crippen LogP contribution in [-0.2, 0) is 9.59 Å². The molecule has 0 aromatic heterocycles. The van der Waals surface area contributed by atoms with Crippen molar-refractivity contribution in [3.63, 3.8) is 0 Å². The largest absolute Gasteiger partial charge is 0.481 e. The topological polar surface area (TPSA) is 54.4 Å². The smallest absolute Gasteiger partial charge is 0.303 e. The summed E-state index contributed by atoms with van der Waals surface area (Å²) in [7, 11) is 0. The van der Waals surface area contributed by atoms with Gasteiger partial charge in [-0.3, -0.25) is 4.79 Å². The minimum absolute atomic E-state index is 0. The lowest BCUT2D eigenvalue weighted by Gasteiger charge is -1.82. The van der Waals surface area contributed by atoms with Gasteiger partial charge >= 0.3 is 5.97 Å². The lowest BCUT2D eigenvalue weighted by atomic mass is 10.2. The average Bonchev–Trinajstić information content (AvgIpc) is 2.12. The van der Waals surface area contributed by atoms with Gasteiger partial charge < -0.3 is 9.90 Å². The standard InChI is InChI=1S/C6H10O.C5H8O2.CH4/c1-3-4-5-6(2)7;1-2-3-4-5(6)7;/h3H,1,4-5H2,2H3;2H,1,3-4H2,(H,6,7);1H4. The molecule has 0 aromatic rings. The van der Waals surface area contributed by atoms with E-state index in [1.54, 1.807) is 19.1 Å². The lowest BCUT2D eigenvalue weighted by Crippen LogP contribution is -1.90. The third-order valence-electron chi connectivity index (χ3n) is 1.26. The second-order valence-corrected chi connectivity index (χ2v) is 2.75. The van der Waals surface area contributed by atoms with Crippen molar-refractivity contribution in [1.29, 1.82) is 0 Å². The summed E-state index contributed by atoms with van der Waals surface area (Å²) in [5.74, 6) is -0.528. The average molecular weight is 214 g/mol. The molecule has 15 heavy (non-hydrogen) atoms. The summed E-state index contributed by atoms with van der Waals surface area (Å²) in [4.78, 5) is 19.9. The number of carboxylic acids is 1. The Morgan fingerprint density at radius 3 is 1.67 bits per heavy atom. The Kier molecular flexibility index (Phi) is 19.4. The van der Waals surface area contributed by atoms with Crippen molar-refractivity contribution in [1.82, 2.24) is 0 Å². The number of allylic oxidation sites excluding steroid dienone is 2. The predicted octanol–water partition coefficient (Wildman–Crippen LogP) is 3.21. The highest BCUT2D eigenvalue weighted by atomic mass is 16.4. The van der Waals surface area contributed by atoms with Crippen LogP contribution in [0.1, 0.15) is 40.0 Å². The predicted molar refractivity (Wildman–Crippen MR) is 63.9 cm³/mol. The van der Waals surface area contributed by atoms with Gasteiger partial charge in [-0.15, -0.1) is 13.2 Å². The number of Topliss-reactive ketones (excluding diaryl/α,β-unsaturated/α-hetero) is 1. The highest BCUT2D eigenvalue weighted by Crippen LogP contribution is 1.88. The van der Waals surface area contributed by atoms with E-state index in [9.17, 15) is 9.59 Å². The highest BCUT2D eigenvalue weighted by Gasteiger charge is 1.89. The molecule has 3 nitrogen and oxygen atoms in total. The molecule has 0 radical (unpaired) electrons. The van der Waals surface area contributed by atoms with E-state index in [0.717, 1.165) is 6.42 Å². The van der Waals surface area contributed by atoms with Crippen LogP contribution in [0.25, 0.3) is 0 Å². The van der Waals surface area contributed by atoms with E-state index in [-0.39, 0.29) is 19.6 Å². The number of carbonyl (C=O) groups excluding carboxylic acids is 1. The van der Waals surface area contributed by atoms with Crippen LogP contribution in [0.15, 0.2) is 25.3 Å². The van der Waals surface area contributed by atoms with E-state index in [4.69, 9.17) is 5.11 Å². The van der Waals surface area contributed by atoms with Crippen molar-refractivity contribution in [2.75, 3.05) is 0 Å². The van der Waals surface area contributed by atoms with Crippen LogP contribution in [-0.4, -0.2) is 16.9 Å². The Hall–Kier alpha value is -1.38. The van der Waals surface area contributed by atoms with Crippen molar-refractivity contribution in [3.8, 4) is 0 Å². The first kappa shape index (κ1) is 19.2. The minimum Gasteiger partial charge on any atom is -0.481 e. The molecule has 0 bridgehead atoms. The quantitative estimate of drug-likeness (QED) is 0.691. The summed E-state index contributed by atoms with van der Waals surface area (Å²) >= 11 is 0. The molecule has 0 saturated carbocycles. The Morgan fingerprint density at radius 1 is 1.13 bits per heavy atom. The van der Waals surface area contributed by atoms with E-state index in [1.165, 1.54) is 0 Å². The molecular weight excluding hydrogens is 192 g/mol. The fourth-order valence-electron chi connectivity index (χ4n) is 0.531. The molecule has 0 aliphatic heterocycles. The zero-order valence-corrected chi connectivity index (χ0v) is 8.66. The minimum atomic E-state index is -0.764. The third kappa shape index (κ3) is 32.5. The van der Waals surface area contributed by atoms with Crippen LogP contribution < -0.4 is 0 Å². The summed E-state index contributed by atoms with van der Waals surface area (Å²) in [5.41, 5.74) is 0. The fourth-order valence-corrected chi connectivity index (χ4v) is 0.531. The molecule has 0 heterocycles. The first-order valence-electron chi connectivity index (χ1n) is 4.47. The normalized spacial score (nSPS) is 7.53. The van der Waals surface area contributed by atoms with Crippen molar-refractivity contribution in [2.45, 2.75) is 40.0 Å². The highest BCUT2D eigenvalue weighted by molar-refractivity contribution is 5.75. The molecule has 1 N–H and O–H groups in total. The number of hydrogen-bond acceptors (Lipinski definition) is 2. The Balaban J connectivity index is -0.000000180. The van der Waals surface area contributed by atoms with Crippen LogP contribution in [0, 0.1) is 0 Å². The van der Waals surface area contributed by atoms with E-state index in [2.05, 4.69) is 13.2 Å². The van der Waals surface area contributed by atoms with E-state index >= 15 is 0 Å². The molecule has 88 valence electrons. The first-order chi connectivity index (χ1) is 6.54. The Bertz CT molecular complexity index is 173. The molecule has 0 amide bonds. The van der Waals surface area contributed by atoms with Gasteiger partial charge in [0.2, 0.25) is 0 Å². The molecule has 0 rings (SSSR count). The van der Waals surface area contributed by atoms with E-state index in [0.29, 0.717) is 12.8 Å². The summed E-state index contributed by atoms with van der Waals surface area (Å²) < 4.78 is 0. The number of ketones is 1. The maximum absolute atomic E-state index is 10.2. The zero-order valence-electron chi connectivity index (χ0n) is 8.66. The molecule has 0 aromatic carbocycles. The Labute approximate surface area is 92.5 Å². The van der Waals surface area contributed by atoms with Crippen LogP contribution >= 0.6 is 0 Å². The molecule has 0 atom stereocenters. The second kappa shape index (κ2) is 15.1. The van der Waals surface area contributed by atoms with Gasteiger partial charge in [-0.2, -0.15) is 0 Å². The maximum Gasteiger partial charge on any atom is 0.303 e. The molecule has 0 saturated heterocycles.